The fourth-order valence-corrected chi connectivity index (χ4v) is 7.86. The Kier molecular flexibility index (Phi) is 8.67. The average molecular weight is 750 g/mol. The van der Waals surface area contributed by atoms with Crippen LogP contribution < -0.4 is 19.3 Å². The normalized spacial score (nSPS) is 22.9. The number of methoxy groups -OCH3 is 2. The number of carbonyl (C=O) groups is 4. The number of carbonyl (C=O) groups excluding carboxylic acids is 4. The highest BCUT2D eigenvalue weighted by atomic mass is 79.9. The molecule has 3 aliphatic carbocycles. The van der Waals surface area contributed by atoms with Crippen LogP contribution in [0.1, 0.15) is 18.4 Å². The molecule has 2 aromatic carbocycles. The van der Waals surface area contributed by atoms with Gasteiger partial charge in [-0.05, 0) is 52.4 Å². The minimum Gasteiger partial charge on any atom is -0.502 e. The van der Waals surface area contributed by atoms with Crippen molar-refractivity contribution >= 4 is 68.1 Å². The zero-order valence-corrected chi connectivity index (χ0v) is 28.6. The average Bonchev–Trinajstić information content (AvgIpc) is 3.34. The third kappa shape index (κ3) is 5.35. The fourth-order valence-electron chi connectivity index (χ4n) is 7.41. The number of nitro benzene ring substituents is 2. The van der Waals surface area contributed by atoms with Gasteiger partial charge in [-0.15, -0.1) is 0 Å². The molecule has 1 saturated heterocycles. The highest BCUT2D eigenvalue weighted by molar-refractivity contribution is 9.12. The lowest BCUT2D eigenvalue weighted by Crippen LogP contribution is -2.40. The van der Waals surface area contributed by atoms with Crippen molar-refractivity contribution in [2.75, 3.05) is 38.1 Å². The van der Waals surface area contributed by atoms with Crippen LogP contribution in [0.15, 0.2) is 63.7 Å². The Hall–Kier alpha value is -5.64. The Bertz CT molecular complexity index is 2000. The van der Waals surface area contributed by atoms with E-state index in [1.165, 1.54) is 39.3 Å². The lowest BCUT2D eigenvalue weighted by Gasteiger charge is -2.41. The number of Topliss-reactive ketones (excluding diaryl/α,β-unsaturated/α-hetero) is 1. The monoisotopic (exact) mass is 748 g/mol. The van der Waals surface area contributed by atoms with E-state index >= 15 is 0 Å². The van der Waals surface area contributed by atoms with E-state index in [9.17, 15) is 44.5 Å². The molecule has 16 heteroatoms. The van der Waals surface area contributed by atoms with Gasteiger partial charge in [-0.1, -0.05) is 23.8 Å². The van der Waals surface area contributed by atoms with Crippen LogP contribution in [0.5, 0.6) is 17.2 Å². The van der Waals surface area contributed by atoms with Crippen molar-refractivity contribution < 1.29 is 43.6 Å². The van der Waals surface area contributed by atoms with Crippen molar-refractivity contribution in [3.05, 3.63) is 89.5 Å². The second kappa shape index (κ2) is 12.7. The van der Waals surface area contributed by atoms with E-state index in [4.69, 9.17) is 9.47 Å². The molecule has 6 rings (SSSR count). The number of imide groups is 1. The first-order valence-electron chi connectivity index (χ1n) is 15.2. The number of phenols is 1. The van der Waals surface area contributed by atoms with Gasteiger partial charge in [0.1, 0.15) is 0 Å². The lowest BCUT2D eigenvalue weighted by molar-refractivity contribution is -0.392. The predicted octanol–water partition coefficient (Wildman–Crippen LogP) is 4.80. The summed E-state index contributed by atoms with van der Waals surface area (Å²) >= 11 is 3.18. The first-order chi connectivity index (χ1) is 23.7. The quantitative estimate of drug-likeness (QED) is 0.127. The van der Waals surface area contributed by atoms with Crippen LogP contribution in [0.4, 0.5) is 22.7 Å². The zero-order valence-electron chi connectivity index (χ0n) is 27.0. The predicted molar refractivity (Wildman–Crippen MR) is 182 cm³/mol. The number of ketones is 2. The molecule has 0 saturated carbocycles. The van der Waals surface area contributed by atoms with Crippen LogP contribution in [0.25, 0.3) is 6.08 Å². The molecule has 1 N–H and O–H groups in total. The number of hydrogen-bond acceptors (Lipinski definition) is 12. The summed E-state index contributed by atoms with van der Waals surface area (Å²) in [4.78, 5) is 79.6. The van der Waals surface area contributed by atoms with Gasteiger partial charge in [-0.3, -0.25) is 39.4 Å². The van der Waals surface area contributed by atoms with E-state index in [2.05, 4.69) is 15.9 Å². The smallest absolute Gasteiger partial charge is 0.301 e. The Morgan fingerprint density at radius 1 is 0.960 bits per heavy atom. The van der Waals surface area contributed by atoms with Crippen LogP contribution >= 0.6 is 15.9 Å². The number of nitrogens with zero attached hydrogens (tertiary/aromatic N) is 4. The molecule has 50 heavy (non-hydrogen) atoms. The van der Waals surface area contributed by atoms with Crippen molar-refractivity contribution in [1.29, 1.82) is 0 Å². The fraction of sp³-hybridized carbons (Fsp3) is 0.294. The second-order valence-electron chi connectivity index (χ2n) is 12.3. The maximum atomic E-state index is 14.3. The molecule has 1 fully saturated rings. The lowest BCUT2D eigenvalue weighted by atomic mass is 9.61. The van der Waals surface area contributed by atoms with Gasteiger partial charge >= 0.3 is 11.4 Å². The molecular formula is C34H29BrN4O11. The van der Waals surface area contributed by atoms with E-state index in [1.54, 1.807) is 30.4 Å². The largest absolute Gasteiger partial charge is 0.502 e. The van der Waals surface area contributed by atoms with E-state index in [1.807, 2.05) is 0 Å². The van der Waals surface area contributed by atoms with E-state index < -0.39 is 68.3 Å². The number of allylic oxidation sites excluding steroid dienone is 7. The Morgan fingerprint density at radius 2 is 1.56 bits per heavy atom. The van der Waals surface area contributed by atoms with Gasteiger partial charge in [0, 0.05) is 49.4 Å². The number of fused-ring (bicyclic) bond motifs is 3. The number of rotatable bonds is 8. The van der Waals surface area contributed by atoms with Crippen molar-refractivity contribution in [3.8, 4) is 17.2 Å². The molecule has 258 valence electrons. The molecule has 0 aromatic heterocycles. The summed E-state index contributed by atoms with van der Waals surface area (Å²) < 4.78 is 10.6. The summed E-state index contributed by atoms with van der Waals surface area (Å²) in [5.74, 6) is -5.65. The standard InChI is InChI=1S/C34H29BrN4O11/c1-36(2)30-23(38(45)46)11-16(12-24(30)39(47)48)37-33(43)19-8-7-17-18(6-5-15-9-26(49-3)32(42)27(10-15)50-4)28-21(13-20(17)29(19)34(37)44)31(41)22(35)14-25(28)40/h5-7,9-12,14,18-20,29,42H,8,13H2,1-4H3/t18-,19-,20+,29-/m0/s1. The molecule has 1 aliphatic heterocycles. The van der Waals surface area contributed by atoms with Gasteiger partial charge in [0.15, 0.2) is 28.8 Å². The number of hydrogen-bond donors (Lipinski definition) is 1. The first-order valence-corrected chi connectivity index (χ1v) is 16.0. The number of benzene rings is 2. The Balaban J connectivity index is 1.45. The maximum absolute atomic E-state index is 14.3. The van der Waals surface area contributed by atoms with Crippen molar-refractivity contribution in [3.63, 3.8) is 0 Å². The summed E-state index contributed by atoms with van der Waals surface area (Å²) in [5.41, 5.74) is -0.340. The van der Waals surface area contributed by atoms with Crippen LogP contribution in [0, 0.1) is 43.9 Å². The SMILES string of the molecule is COc1cc(C=C[C@H]2C3=CC[C@@H]4C(=O)N(c5cc([N+](=O)[O-])c(N(C)C)c([N+](=O)[O-])c5)C(=O)[C@@H]4[C@@H]3CC3=C2C(=O)C=C(Br)C3=O)cc(OC)c1O. The van der Waals surface area contributed by atoms with Crippen molar-refractivity contribution in [2.24, 2.45) is 23.7 Å². The molecular weight excluding hydrogens is 720 g/mol. The van der Waals surface area contributed by atoms with Crippen LogP contribution in [-0.2, 0) is 19.2 Å². The number of amides is 2. The van der Waals surface area contributed by atoms with Gasteiger partial charge < -0.3 is 19.5 Å². The third-order valence-electron chi connectivity index (χ3n) is 9.52. The van der Waals surface area contributed by atoms with Gasteiger partial charge in [0.05, 0.1) is 46.1 Å². The minimum absolute atomic E-state index is 0.0340. The summed E-state index contributed by atoms with van der Waals surface area (Å²) in [6.07, 6.45) is 6.38. The highest BCUT2D eigenvalue weighted by Crippen LogP contribution is 2.54. The zero-order chi connectivity index (χ0) is 36.3. The van der Waals surface area contributed by atoms with Crippen LogP contribution in [0.2, 0.25) is 0 Å². The van der Waals surface area contributed by atoms with E-state index in [0.717, 1.165) is 17.0 Å². The summed E-state index contributed by atoms with van der Waals surface area (Å²) in [6.45, 7) is 0. The van der Waals surface area contributed by atoms with Gasteiger partial charge in [-0.25, -0.2) is 4.90 Å². The molecule has 0 radical (unpaired) electrons. The van der Waals surface area contributed by atoms with Crippen molar-refractivity contribution in [2.45, 2.75) is 12.8 Å². The van der Waals surface area contributed by atoms with Gasteiger partial charge in [-0.2, -0.15) is 0 Å². The third-order valence-corrected chi connectivity index (χ3v) is 10.1. The molecule has 0 bridgehead atoms. The van der Waals surface area contributed by atoms with E-state index in [0.29, 0.717) is 11.1 Å². The number of aromatic hydroxyl groups is 1. The molecule has 2 aromatic rings. The highest BCUT2D eigenvalue weighted by Gasteiger charge is 2.56. The topological polar surface area (TPSA) is 200 Å². The van der Waals surface area contributed by atoms with Gasteiger partial charge in [0.25, 0.3) is 0 Å². The Morgan fingerprint density at radius 3 is 2.10 bits per heavy atom. The molecule has 4 atom stereocenters. The minimum atomic E-state index is -1.03. The first kappa shape index (κ1) is 34.2. The Labute approximate surface area is 292 Å². The molecule has 0 spiro atoms. The van der Waals surface area contributed by atoms with Gasteiger partial charge in [0.2, 0.25) is 17.6 Å². The summed E-state index contributed by atoms with van der Waals surface area (Å²) in [6, 6.07) is 5.05. The van der Waals surface area contributed by atoms with Crippen molar-refractivity contribution in [1.82, 2.24) is 0 Å². The molecule has 15 nitrogen and oxygen atoms in total. The number of ether oxygens (including phenoxy) is 2. The summed E-state index contributed by atoms with van der Waals surface area (Å²) in [7, 11) is 5.56. The number of phenolic OH excluding ortho intramolecular Hbond substituents is 1. The van der Waals surface area contributed by atoms with Crippen LogP contribution in [-0.4, -0.2) is 66.6 Å². The number of nitro groups is 2. The van der Waals surface area contributed by atoms with E-state index in [-0.39, 0.29) is 57.1 Å². The molecule has 4 aliphatic rings. The number of halogens is 1. The summed E-state index contributed by atoms with van der Waals surface area (Å²) in [5, 5.41) is 34.4. The molecule has 1 heterocycles. The second-order valence-corrected chi connectivity index (χ2v) is 13.2. The molecule has 0 unspecified atom stereocenters. The van der Waals surface area contributed by atoms with Crippen LogP contribution in [0.3, 0.4) is 0 Å². The number of anilines is 2. The molecule has 2 amide bonds. The maximum Gasteiger partial charge on any atom is 0.301 e.